The maximum absolute atomic E-state index is 12.6. The molecule has 8 nitrogen and oxygen atoms in total. The summed E-state index contributed by atoms with van der Waals surface area (Å²) in [6.45, 7) is 2.73. The summed E-state index contributed by atoms with van der Waals surface area (Å²) in [4.78, 5) is 26.1. The molecule has 0 radical (unpaired) electrons. The third-order valence-corrected chi connectivity index (χ3v) is 5.57. The minimum absolute atomic E-state index is 0.0392. The van der Waals surface area contributed by atoms with E-state index in [9.17, 15) is 18.0 Å². The van der Waals surface area contributed by atoms with Crippen LogP contribution in [0.5, 0.6) is 5.75 Å². The Morgan fingerprint density at radius 2 is 1.89 bits per heavy atom. The zero-order valence-corrected chi connectivity index (χ0v) is 15.9. The van der Waals surface area contributed by atoms with Crippen molar-refractivity contribution in [2.75, 3.05) is 13.1 Å². The molecule has 9 heteroatoms. The number of aryl methyl sites for hydroxylation is 1. The number of aromatic nitrogens is 1. The molecule has 1 saturated heterocycles. The summed E-state index contributed by atoms with van der Waals surface area (Å²) < 4.78 is 30.0. The lowest BCUT2D eigenvalue weighted by molar-refractivity contribution is 0.0772. The van der Waals surface area contributed by atoms with Gasteiger partial charge >= 0.3 is 0 Å². The minimum Gasteiger partial charge on any atom is -0.488 e. The summed E-state index contributed by atoms with van der Waals surface area (Å²) in [7, 11) is -2.10. The minimum atomic E-state index is -3.79. The Bertz CT molecular complexity index is 1030. The lowest BCUT2D eigenvalue weighted by Crippen LogP contribution is -2.31. The topological polar surface area (TPSA) is 112 Å². The van der Waals surface area contributed by atoms with E-state index in [4.69, 9.17) is 9.88 Å². The SMILES string of the molecule is Cc1cc(OC2CCN(C(=O)c3ccc(S(N)(=O)=O)cc3)C2)cc(=O)n1C. The highest BCUT2D eigenvalue weighted by Gasteiger charge is 2.28. The van der Waals surface area contributed by atoms with Crippen LogP contribution < -0.4 is 15.4 Å². The number of nitrogens with zero attached hydrogens (tertiary/aromatic N) is 2. The van der Waals surface area contributed by atoms with Crippen LogP contribution in [0.25, 0.3) is 0 Å². The van der Waals surface area contributed by atoms with Crippen molar-refractivity contribution in [3.63, 3.8) is 0 Å². The zero-order chi connectivity index (χ0) is 19.8. The van der Waals surface area contributed by atoms with Crippen LogP contribution in [-0.2, 0) is 17.1 Å². The van der Waals surface area contributed by atoms with Gasteiger partial charge in [-0.05, 0) is 37.3 Å². The van der Waals surface area contributed by atoms with Crippen molar-refractivity contribution in [1.29, 1.82) is 0 Å². The molecule has 2 N–H and O–H groups in total. The van der Waals surface area contributed by atoms with Gasteiger partial charge in [-0.3, -0.25) is 9.59 Å². The summed E-state index contributed by atoms with van der Waals surface area (Å²) in [5.74, 6) is 0.287. The molecule has 1 fully saturated rings. The van der Waals surface area contributed by atoms with Crippen molar-refractivity contribution < 1.29 is 17.9 Å². The summed E-state index contributed by atoms with van der Waals surface area (Å²) in [6, 6.07) is 8.74. The maximum Gasteiger partial charge on any atom is 0.254 e. The van der Waals surface area contributed by atoms with Crippen LogP contribution in [0, 0.1) is 6.92 Å². The van der Waals surface area contributed by atoms with E-state index in [1.807, 2.05) is 6.92 Å². The third-order valence-electron chi connectivity index (χ3n) is 4.64. The standard InChI is InChI=1S/C18H21N3O5S/c1-12-9-15(10-17(22)20(12)2)26-14-7-8-21(11-14)18(23)13-3-5-16(6-4-13)27(19,24)25/h3-6,9-10,14H,7-8,11H2,1-2H3,(H2,19,24,25). The number of sulfonamides is 1. The van der Waals surface area contributed by atoms with Gasteiger partial charge in [-0.15, -0.1) is 0 Å². The number of hydrogen-bond donors (Lipinski definition) is 1. The van der Waals surface area contributed by atoms with Crippen LogP contribution in [0.1, 0.15) is 22.5 Å². The summed E-state index contributed by atoms with van der Waals surface area (Å²) in [6.07, 6.45) is 0.444. The van der Waals surface area contributed by atoms with Crippen molar-refractivity contribution in [1.82, 2.24) is 9.47 Å². The second-order valence-electron chi connectivity index (χ2n) is 6.58. The fourth-order valence-electron chi connectivity index (χ4n) is 2.98. The first-order chi connectivity index (χ1) is 12.6. The van der Waals surface area contributed by atoms with Crippen molar-refractivity contribution in [2.24, 2.45) is 12.2 Å². The molecule has 1 atom stereocenters. The number of primary sulfonamides is 1. The Kier molecular flexibility index (Phi) is 5.07. The zero-order valence-electron chi connectivity index (χ0n) is 15.1. The van der Waals surface area contributed by atoms with E-state index in [-0.39, 0.29) is 22.5 Å². The van der Waals surface area contributed by atoms with Crippen molar-refractivity contribution in [2.45, 2.75) is 24.3 Å². The molecular formula is C18H21N3O5S. The summed E-state index contributed by atoms with van der Waals surface area (Å²) in [5.41, 5.74) is 1.02. The highest BCUT2D eigenvalue weighted by Crippen LogP contribution is 2.20. The Balaban J connectivity index is 1.67. The first-order valence-electron chi connectivity index (χ1n) is 8.41. The molecule has 0 spiro atoms. The highest BCUT2D eigenvalue weighted by molar-refractivity contribution is 7.89. The third kappa shape index (κ3) is 4.20. The fourth-order valence-corrected chi connectivity index (χ4v) is 3.49. The second kappa shape index (κ2) is 7.16. The molecule has 1 aliphatic heterocycles. The molecule has 144 valence electrons. The molecule has 0 aliphatic carbocycles. The van der Waals surface area contributed by atoms with Gasteiger partial charge in [0.25, 0.3) is 11.5 Å². The Labute approximate surface area is 157 Å². The fraction of sp³-hybridized carbons (Fsp3) is 0.333. The average molecular weight is 391 g/mol. The van der Waals surface area contributed by atoms with Gasteiger partial charge in [-0.1, -0.05) is 0 Å². The van der Waals surface area contributed by atoms with E-state index in [0.29, 0.717) is 30.8 Å². The predicted molar refractivity (Wildman–Crippen MR) is 99.2 cm³/mol. The lowest BCUT2D eigenvalue weighted by Gasteiger charge is -2.18. The van der Waals surface area contributed by atoms with E-state index in [2.05, 4.69) is 0 Å². The monoisotopic (exact) mass is 391 g/mol. The van der Waals surface area contributed by atoms with Gasteiger partial charge in [0, 0.05) is 37.3 Å². The smallest absolute Gasteiger partial charge is 0.254 e. The normalized spacial score (nSPS) is 17.1. The molecule has 3 rings (SSSR count). The number of carbonyl (C=O) groups is 1. The van der Waals surface area contributed by atoms with Crippen LogP contribution in [0.4, 0.5) is 0 Å². The second-order valence-corrected chi connectivity index (χ2v) is 8.14. The van der Waals surface area contributed by atoms with Crippen LogP contribution in [-0.4, -0.2) is 43.0 Å². The average Bonchev–Trinajstić information content (AvgIpc) is 3.06. The number of likely N-dealkylation sites (tertiary alicyclic amines) is 1. The van der Waals surface area contributed by atoms with Gasteiger partial charge in [-0.2, -0.15) is 0 Å². The quantitative estimate of drug-likeness (QED) is 0.822. The molecule has 1 unspecified atom stereocenters. The van der Waals surface area contributed by atoms with Crippen LogP contribution in [0.15, 0.2) is 46.1 Å². The number of pyridine rings is 1. The molecule has 1 aromatic heterocycles. The van der Waals surface area contributed by atoms with Crippen molar-refractivity contribution in [3.05, 3.63) is 58.0 Å². The van der Waals surface area contributed by atoms with Crippen LogP contribution in [0.2, 0.25) is 0 Å². The number of benzene rings is 1. The van der Waals surface area contributed by atoms with Gasteiger partial charge in [0.1, 0.15) is 11.9 Å². The number of rotatable bonds is 4. The number of nitrogens with two attached hydrogens (primary N) is 1. The number of ether oxygens (including phenoxy) is 1. The lowest BCUT2D eigenvalue weighted by atomic mass is 10.2. The van der Waals surface area contributed by atoms with E-state index in [1.165, 1.54) is 34.9 Å². The maximum atomic E-state index is 12.6. The van der Waals surface area contributed by atoms with E-state index in [0.717, 1.165) is 5.69 Å². The van der Waals surface area contributed by atoms with Crippen LogP contribution in [0.3, 0.4) is 0 Å². The molecule has 2 aromatic rings. The summed E-state index contributed by atoms with van der Waals surface area (Å²) in [5, 5.41) is 5.06. The highest BCUT2D eigenvalue weighted by atomic mass is 32.2. The van der Waals surface area contributed by atoms with Crippen LogP contribution >= 0.6 is 0 Å². The largest absolute Gasteiger partial charge is 0.488 e. The summed E-state index contributed by atoms with van der Waals surface area (Å²) >= 11 is 0. The molecule has 1 amide bonds. The molecular weight excluding hydrogens is 370 g/mol. The van der Waals surface area contributed by atoms with Gasteiger partial charge in [0.15, 0.2) is 0 Å². The van der Waals surface area contributed by atoms with Crippen molar-refractivity contribution >= 4 is 15.9 Å². The van der Waals surface area contributed by atoms with Gasteiger partial charge < -0.3 is 14.2 Å². The number of carbonyl (C=O) groups excluding carboxylic acids is 1. The van der Waals surface area contributed by atoms with Crippen molar-refractivity contribution in [3.8, 4) is 5.75 Å². The molecule has 0 saturated carbocycles. The van der Waals surface area contributed by atoms with Gasteiger partial charge in [-0.25, -0.2) is 13.6 Å². The van der Waals surface area contributed by atoms with E-state index >= 15 is 0 Å². The van der Waals surface area contributed by atoms with Gasteiger partial charge in [0.05, 0.1) is 11.4 Å². The molecule has 2 heterocycles. The number of amides is 1. The first-order valence-corrected chi connectivity index (χ1v) is 9.96. The molecule has 27 heavy (non-hydrogen) atoms. The Hall–Kier alpha value is -2.65. The van der Waals surface area contributed by atoms with Gasteiger partial charge in [0.2, 0.25) is 10.0 Å². The first kappa shape index (κ1) is 19.1. The molecule has 1 aliphatic rings. The van der Waals surface area contributed by atoms with E-state index < -0.39 is 10.0 Å². The molecule has 0 bridgehead atoms. The Morgan fingerprint density at radius 1 is 1.22 bits per heavy atom. The number of hydrogen-bond acceptors (Lipinski definition) is 5. The predicted octanol–water partition coefficient (Wildman–Crippen LogP) is 0.635. The van der Waals surface area contributed by atoms with E-state index in [1.54, 1.807) is 18.0 Å². The Morgan fingerprint density at radius 3 is 2.48 bits per heavy atom. The molecule has 1 aromatic carbocycles.